The zero-order chi connectivity index (χ0) is 46.2. The predicted molar refractivity (Wildman–Crippen MR) is 287 cm³/mol. The molecule has 0 atom stereocenters. The molecule has 0 saturated carbocycles. The van der Waals surface area contributed by atoms with E-state index < -0.39 is 8.07 Å². The lowest BCUT2D eigenvalue weighted by Gasteiger charge is -2.36. The van der Waals surface area contributed by atoms with Gasteiger partial charge in [0.1, 0.15) is 31.1 Å². The maximum atomic E-state index is 7.35. The lowest BCUT2D eigenvalue weighted by molar-refractivity contribution is 0.419. The molecule has 4 aliphatic rings. The first-order chi connectivity index (χ1) is 32.7. The van der Waals surface area contributed by atoms with Gasteiger partial charge in [0.2, 0.25) is 0 Å². The molecule has 0 radical (unpaired) electrons. The van der Waals surface area contributed by atoms with Crippen LogP contribution in [0.2, 0.25) is 13.1 Å². The van der Waals surface area contributed by atoms with Crippen LogP contribution < -0.4 is 19.8 Å². The van der Waals surface area contributed by atoms with E-state index in [1.165, 1.54) is 115 Å². The Labute approximate surface area is 399 Å². The van der Waals surface area contributed by atoms with Gasteiger partial charge in [-0.25, -0.2) is 0 Å². The normalized spacial score (nSPS) is 16.6. The van der Waals surface area contributed by atoms with E-state index in [2.05, 4.69) is 224 Å². The summed E-state index contributed by atoms with van der Waals surface area (Å²) in [5.74, 6) is 4.04. The van der Waals surface area contributed by atoms with E-state index in [1.807, 2.05) is 0 Å². The summed E-state index contributed by atoms with van der Waals surface area (Å²) >= 11 is 0. The van der Waals surface area contributed by atoms with E-state index in [1.54, 1.807) is 0 Å². The van der Waals surface area contributed by atoms with Crippen molar-refractivity contribution < 1.29 is 9.47 Å². The smallest absolute Gasteiger partial charge is 0.139 e. The first-order valence-electron chi connectivity index (χ1n) is 24.3. The van der Waals surface area contributed by atoms with E-state index in [9.17, 15) is 0 Å². The van der Waals surface area contributed by atoms with E-state index in [4.69, 9.17) is 9.47 Å². The van der Waals surface area contributed by atoms with Gasteiger partial charge in [-0.05, 0) is 117 Å². The zero-order valence-corrected chi connectivity index (χ0v) is 41.0. The van der Waals surface area contributed by atoms with Crippen LogP contribution in [-0.2, 0) is 16.2 Å². The van der Waals surface area contributed by atoms with Gasteiger partial charge in [0, 0.05) is 44.1 Å². The van der Waals surface area contributed by atoms with Crippen LogP contribution in [0.3, 0.4) is 0 Å². The summed E-state index contributed by atoms with van der Waals surface area (Å²) in [7, 11) is -2.16. The Balaban J connectivity index is 0.883. The van der Waals surface area contributed by atoms with Gasteiger partial charge >= 0.3 is 0 Å². The summed E-state index contributed by atoms with van der Waals surface area (Å²) in [6, 6.07) is 64.0. The molecule has 2 aliphatic heterocycles. The molecule has 0 fully saturated rings. The topological polar surface area (TPSA) is 18.5 Å². The van der Waals surface area contributed by atoms with Crippen LogP contribution in [0.25, 0.3) is 76.8 Å². The van der Waals surface area contributed by atoms with Crippen molar-refractivity contribution in [1.82, 2.24) is 0 Å². The van der Waals surface area contributed by atoms with E-state index >= 15 is 0 Å². The Kier molecular flexibility index (Phi) is 7.79. The Bertz CT molecular complexity index is 3900. The molecule has 328 valence electrons. The molecule has 0 N–H and O–H groups in total. The highest BCUT2D eigenvalue weighted by molar-refractivity contribution is 7.02. The summed E-state index contributed by atoms with van der Waals surface area (Å²) < 4.78 is 14.2. The second-order valence-corrected chi connectivity index (χ2v) is 26.3. The maximum Gasteiger partial charge on any atom is 0.139 e. The van der Waals surface area contributed by atoms with Gasteiger partial charge in [-0.15, -0.1) is 0 Å². The molecular weight excluding hydrogens is 841 g/mol. The Hall–Kier alpha value is -7.20. The second-order valence-electron chi connectivity index (χ2n) is 22.0. The van der Waals surface area contributed by atoms with Crippen molar-refractivity contribution in [3.63, 3.8) is 0 Å². The largest absolute Gasteiger partial charge is 0.456 e. The summed E-state index contributed by atoms with van der Waals surface area (Å²) in [6.07, 6.45) is 0. The van der Waals surface area contributed by atoms with E-state index in [0.29, 0.717) is 0 Å². The second kappa shape index (κ2) is 13.3. The quantitative estimate of drug-likeness (QED) is 0.127. The molecule has 0 unspecified atom stereocenters. The third kappa shape index (κ3) is 5.07. The molecule has 3 heteroatoms. The van der Waals surface area contributed by atoms with Crippen molar-refractivity contribution in [2.24, 2.45) is 0 Å². The molecule has 10 aromatic rings. The summed E-state index contributed by atoms with van der Waals surface area (Å²) in [5, 5.41) is 10.3. The molecule has 68 heavy (non-hydrogen) atoms. The molecule has 0 spiro atoms. The van der Waals surface area contributed by atoms with Crippen molar-refractivity contribution >= 4 is 50.8 Å². The van der Waals surface area contributed by atoms with Gasteiger partial charge in [-0.2, -0.15) is 0 Å². The van der Waals surface area contributed by atoms with E-state index in [-0.39, 0.29) is 16.2 Å². The lowest BCUT2D eigenvalue weighted by atomic mass is 9.74. The Morgan fingerprint density at radius 2 is 0.838 bits per heavy atom. The standard InChI is InChI=1S/C65H52O2Si/c1-63(2)49-20-12-11-18-45(49)59-52(63)32-33-57-62(59)67-60-40(19-15-23-56(60)68(57,7)8)39-26-28-44-43-27-24-37(34-47(43)41-16-9-10-17-42(41)48(44)35-39)38-25-29-46-54(36-38)65(5,6)51-30-31-53-61(58(46)51)66-55-22-14-13-21-50(55)64(53,3)4/h9-36H,1-8H3. The molecule has 2 aliphatic carbocycles. The van der Waals surface area contributed by atoms with E-state index in [0.717, 1.165) is 28.6 Å². The van der Waals surface area contributed by atoms with Crippen molar-refractivity contribution in [2.45, 2.75) is 70.9 Å². The van der Waals surface area contributed by atoms with Gasteiger partial charge < -0.3 is 9.47 Å². The van der Waals surface area contributed by atoms with Gasteiger partial charge in [0.05, 0.1) is 0 Å². The number of hydrogen-bond donors (Lipinski definition) is 0. The average molecular weight is 893 g/mol. The van der Waals surface area contributed by atoms with Crippen LogP contribution in [0.5, 0.6) is 23.0 Å². The van der Waals surface area contributed by atoms with Gasteiger partial charge in [-0.1, -0.05) is 200 Å². The fourth-order valence-electron chi connectivity index (χ4n) is 13.2. The Morgan fingerprint density at radius 3 is 1.60 bits per heavy atom. The minimum absolute atomic E-state index is 0.0921. The molecule has 0 saturated heterocycles. The minimum Gasteiger partial charge on any atom is -0.456 e. The van der Waals surface area contributed by atoms with Gasteiger partial charge in [-0.3, -0.25) is 0 Å². The molecule has 0 amide bonds. The molecule has 14 rings (SSSR count). The molecule has 0 aromatic heterocycles. The zero-order valence-electron chi connectivity index (χ0n) is 40.0. The van der Waals surface area contributed by atoms with Crippen LogP contribution >= 0.6 is 0 Å². The van der Waals surface area contributed by atoms with Crippen molar-refractivity contribution in [1.29, 1.82) is 0 Å². The summed E-state index contributed by atoms with van der Waals surface area (Å²) in [5.41, 5.74) is 17.3. The summed E-state index contributed by atoms with van der Waals surface area (Å²) in [4.78, 5) is 0. The number of para-hydroxylation sites is 2. The highest BCUT2D eigenvalue weighted by Crippen LogP contribution is 2.59. The monoisotopic (exact) mass is 892 g/mol. The van der Waals surface area contributed by atoms with Crippen molar-refractivity contribution in [3.05, 3.63) is 203 Å². The molecule has 0 bridgehead atoms. The first-order valence-corrected chi connectivity index (χ1v) is 27.3. The highest BCUT2D eigenvalue weighted by Gasteiger charge is 2.45. The van der Waals surface area contributed by atoms with Crippen LogP contribution in [0.1, 0.15) is 74.9 Å². The maximum absolute atomic E-state index is 7.35. The number of fused-ring (bicyclic) bond motifs is 18. The van der Waals surface area contributed by atoms with Gasteiger partial charge in [0.25, 0.3) is 0 Å². The lowest BCUT2D eigenvalue weighted by Crippen LogP contribution is -2.56. The number of ether oxygens (including phenoxy) is 2. The van der Waals surface area contributed by atoms with Crippen molar-refractivity contribution in [2.75, 3.05) is 0 Å². The Morgan fingerprint density at radius 1 is 0.324 bits per heavy atom. The third-order valence-corrected chi connectivity index (χ3v) is 20.5. The number of hydrogen-bond acceptors (Lipinski definition) is 2. The van der Waals surface area contributed by atoms with Crippen LogP contribution in [0, 0.1) is 0 Å². The molecular formula is C65H52O2Si. The SMILES string of the molecule is CC1(C)c2ccccc2Oc2c1ccc1c2-c2ccc(-c3ccc4c5ccc(-c6cccc7c6Oc6c(ccc8c6-c6ccccc6C8(C)C)[Si]7(C)C)cc5c5ccccc5c4c3)cc2C1(C)C. The summed E-state index contributed by atoms with van der Waals surface area (Å²) in [6.45, 7) is 19.1. The van der Waals surface area contributed by atoms with Crippen LogP contribution in [0.15, 0.2) is 170 Å². The molecule has 2 heterocycles. The van der Waals surface area contributed by atoms with Crippen molar-refractivity contribution in [3.8, 4) is 67.5 Å². The fourth-order valence-corrected chi connectivity index (χ4v) is 16.0. The number of rotatable bonds is 2. The van der Waals surface area contributed by atoms with Crippen LogP contribution in [-0.4, -0.2) is 8.07 Å². The average Bonchev–Trinajstić information content (AvgIpc) is 3.73. The first kappa shape index (κ1) is 39.9. The molecule has 10 aromatic carbocycles. The third-order valence-electron chi connectivity index (χ3n) is 17.0. The van der Waals surface area contributed by atoms with Gasteiger partial charge in [0.15, 0.2) is 0 Å². The van der Waals surface area contributed by atoms with Crippen LogP contribution in [0.4, 0.5) is 0 Å². The minimum atomic E-state index is -2.16. The molecule has 2 nitrogen and oxygen atoms in total. The predicted octanol–water partition coefficient (Wildman–Crippen LogP) is 16.5. The highest BCUT2D eigenvalue weighted by atomic mass is 28.3. The number of benzene rings is 10. The fraction of sp³-hybridized carbons (Fsp3) is 0.169.